The van der Waals surface area contributed by atoms with E-state index in [1.807, 2.05) is 34.8 Å². The summed E-state index contributed by atoms with van der Waals surface area (Å²) in [5.41, 5.74) is 2.12. The van der Waals surface area contributed by atoms with Crippen molar-refractivity contribution in [1.29, 1.82) is 0 Å². The Labute approximate surface area is 157 Å². The van der Waals surface area contributed by atoms with Gasteiger partial charge in [0.2, 0.25) is 5.91 Å². The van der Waals surface area contributed by atoms with Crippen molar-refractivity contribution in [3.05, 3.63) is 47.8 Å². The maximum atomic E-state index is 12.8. The number of benzene rings is 1. The summed E-state index contributed by atoms with van der Waals surface area (Å²) in [5.74, 6) is 1.77. The Hall–Kier alpha value is -2.96. The summed E-state index contributed by atoms with van der Waals surface area (Å²) in [6.45, 7) is 7.71. The Morgan fingerprint density at radius 2 is 1.93 bits per heavy atom. The number of nitrogens with zero attached hydrogens (tertiary/aromatic N) is 5. The van der Waals surface area contributed by atoms with Gasteiger partial charge < -0.3 is 10.2 Å². The summed E-state index contributed by atoms with van der Waals surface area (Å²) < 4.78 is 1.82. The van der Waals surface area contributed by atoms with Crippen LogP contribution in [0.1, 0.15) is 38.6 Å². The van der Waals surface area contributed by atoms with Crippen LogP contribution in [-0.4, -0.2) is 38.8 Å². The van der Waals surface area contributed by atoms with E-state index in [1.54, 1.807) is 0 Å². The average molecular weight is 362 g/mol. The highest BCUT2D eigenvalue weighted by Crippen LogP contribution is 2.44. The SMILES string of the molecule is CC(C)(C)c1nnc2ccc(N3CCC4(C3)C(=O)Nc3ccccc34)nn12. The molecule has 1 amide bonds. The highest BCUT2D eigenvalue weighted by Gasteiger charge is 2.51. The Morgan fingerprint density at radius 1 is 1.11 bits per heavy atom. The van der Waals surface area contributed by atoms with Gasteiger partial charge in [0.15, 0.2) is 11.5 Å². The van der Waals surface area contributed by atoms with Gasteiger partial charge in [-0.25, -0.2) is 0 Å². The molecule has 1 atom stereocenters. The van der Waals surface area contributed by atoms with Crippen molar-refractivity contribution in [2.75, 3.05) is 23.3 Å². The Morgan fingerprint density at radius 3 is 2.74 bits per heavy atom. The van der Waals surface area contributed by atoms with Crippen LogP contribution < -0.4 is 10.2 Å². The third kappa shape index (κ3) is 2.27. The van der Waals surface area contributed by atoms with Crippen molar-refractivity contribution >= 4 is 23.1 Å². The smallest absolute Gasteiger partial charge is 0.236 e. The van der Waals surface area contributed by atoms with Gasteiger partial charge in [0, 0.05) is 24.2 Å². The van der Waals surface area contributed by atoms with Crippen LogP contribution in [-0.2, 0) is 15.6 Å². The number of amides is 1. The predicted octanol–water partition coefficient (Wildman–Crippen LogP) is 2.52. The van der Waals surface area contributed by atoms with Crippen molar-refractivity contribution in [3.8, 4) is 0 Å². The average Bonchev–Trinajstić information content (AvgIpc) is 3.32. The third-order valence-corrected chi connectivity index (χ3v) is 5.64. The first-order valence-electron chi connectivity index (χ1n) is 9.27. The lowest BCUT2D eigenvalue weighted by atomic mass is 9.81. The fourth-order valence-corrected chi connectivity index (χ4v) is 4.20. The molecule has 0 saturated carbocycles. The van der Waals surface area contributed by atoms with Crippen molar-refractivity contribution in [3.63, 3.8) is 0 Å². The molecule has 27 heavy (non-hydrogen) atoms. The van der Waals surface area contributed by atoms with Gasteiger partial charge in [-0.05, 0) is 30.2 Å². The summed E-state index contributed by atoms with van der Waals surface area (Å²) in [6, 6.07) is 11.9. The molecule has 1 N–H and O–H groups in total. The molecule has 1 aromatic carbocycles. The Balaban J connectivity index is 1.53. The highest BCUT2D eigenvalue weighted by atomic mass is 16.2. The van der Waals surface area contributed by atoms with Crippen molar-refractivity contribution in [2.45, 2.75) is 38.0 Å². The quantitative estimate of drug-likeness (QED) is 0.720. The maximum absolute atomic E-state index is 12.8. The molecule has 1 unspecified atom stereocenters. The second kappa shape index (κ2) is 5.28. The van der Waals surface area contributed by atoms with Crippen LogP contribution in [0.15, 0.2) is 36.4 Å². The van der Waals surface area contributed by atoms with Gasteiger partial charge in [-0.3, -0.25) is 4.79 Å². The number of hydrogen-bond acceptors (Lipinski definition) is 5. The number of nitrogens with one attached hydrogen (secondary N) is 1. The Kier molecular flexibility index (Phi) is 3.17. The van der Waals surface area contributed by atoms with Gasteiger partial charge >= 0.3 is 0 Å². The van der Waals surface area contributed by atoms with Gasteiger partial charge in [0.05, 0.1) is 5.41 Å². The number of para-hydroxylation sites is 1. The van der Waals surface area contributed by atoms with Crippen molar-refractivity contribution in [2.24, 2.45) is 0 Å². The minimum atomic E-state index is -0.493. The predicted molar refractivity (Wildman–Crippen MR) is 103 cm³/mol. The van der Waals surface area contributed by atoms with E-state index >= 15 is 0 Å². The minimum Gasteiger partial charge on any atom is -0.354 e. The zero-order chi connectivity index (χ0) is 18.8. The number of aromatic nitrogens is 4. The van der Waals surface area contributed by atoms with Crippen molar-refractivity contribution in [1.82, 2.24) is 19.8 Å². The molecule has 2 aliphatic heterocycles. The zero-order valence-electron chi connectivity index (χ0n) is 15.7. The zero-order valence-corrected chi connectivity index (χ0v) is 15.7. The number of hydrogen-bond donors (Lipinski definition) is 1. The number of carbonyl (C=O) groups is 1. The lowest BCUT2D eigenvalue weighted by Gasteiger charge is -2.23. The van der Waals surface area contributed by atoms with Crippen LogP contribution in [0.25, 0.3) is 5.65 Å². The molecule has 1 saturated heterocycles. The van der Waals surface area contributed by atoms with Gasteiger partial charge in [-0.2, -0.15) is 4.52 Å². The fraction of sp³-hybridized carbons (Fsp3) is 0.400. The van der Waals surface area contributed by atoms with E-state index in [4.69, 9.17) is 5.10 Å². The van der Waals surface area contributed by atoms with E-state index in [2.05, 4.69) is 47.3 Å². The first-order valence-corrected chi connectivity index (χ1v) is 9.27. The van der Waals surface area contributed by atoms with E-state index in [1.165, 1.54) is 0 Å². The molecule has 4 heterocycles. The van der Waals surface area contributed by atoms with Gasteiger partial charge in [0.1, 0.15) is 5.82 Å². The summed E-state index contributed by atoms with van der Waals surface area (Å²) in [7, 11) is 0. The fourth-order valence-electron chi connectivity index (χ4n) is 4.20. The largest absolute Gasteiger partial charge is 0.354 e. The van der Waals surface area contributed by atoms with E-state index in [-0.39, 0.29) is 11.3 Å². The molecule has 138 valence electrons. The molecular weight excluding hydrogens is 340 g/mol. The number of rotatable bonds is 1. The first kappa shape index (κ1) is 16.2. The van der Waals surface area contributed by atoms with Crippen LogP contribution in [0, 0.1) is 0 Å². The molecule has 2 aromatic heterocycles. The number of anilines is 2. The number of carbonyl (C=O) groups excluding carboxylic acids is 1. The van der Waals surface area contributed by atoms with Gasteiger partial charge in [-0.1, -0.05) is 39.0 Å². The maximum Gasteiger partial charge on any atom is 0.236 e. The highest BCUT2D eigenvalue weighted by molar-refractivity contribution is 6.07. The molecule has 0 aliphatic carbocycles. The van der Waals surface area contributed by atoms with Crippen molar-refractivity contribution < 1.29 is 4.79 Å². The minimum absolute atomic E-state index is 0.0898. The van der Waals surface area contributed by atoms with E-state index < -0.39 is 5.41 Å². The summed E-state index contributed by atoms with van der Waals surface area (Å²) in [4.78, 5) is 15.0. The van der Waals surface area contributed by atoms with E-state index in [0.717, 1.165) is 41.5 Å². The lowest BCUT2D eigenvalue weighted by Crippen LogP contribution is -2.37. The lowest BCUT2D eigenvalue weighted by molar-refractivity contribution is -0.120. The van der Waals surface area contributed by atoms with Gasteiger partial charge in [0.25, 0.3) is 0 Å². The van der Waals surface area contributed by atoms with Crippen LogP contribution in [0.3, 0.4) is 0 Å². The Bertz CT molecular complexity index is 1070. The first-order chi connectivity index (χ1) is 12.9. The molecule has 3 aromatic rings. The van der Waals surface area contributed by atoms with Crippen LogP contribution in [0.2, 0.25) is 0 Å². The molecular formula is C20H22N6O. The van der Waals surface area contributed by atoms with E-state index in [9.17, 15) is 4.79 Å². The third-order valence-electron chi connectivity index (χ3n) is 5.64. The second-order valence-corrected chi connectivity index (χ2v) is 8.49. The molecule has 0 bridgehead atoms. The molecule has 2 aliphatic rings. The second-order valence-electron chi connectivity index (χ2n) is 8.49. The summed E-state index contributed by atoms with van der Waals surface area (Å²) >= 11 is 0. The summed E-state index contributed by atoms with van der Waals surface area (Å²) in [5, 5.41) is 16.4. The van der Waals surface area contributed by atoms with Crippen LogP contribution >= 0.6 is 0 Å². The molecule has 1 fully saturated rings. The molecule has 5 rings (SSSR count). The standard InChI is InChI=1S/C20H22N6O/c1-19(2,3)17-23-22-15-8-9-16(24-26(15)17)25-11-10-20(12-25)13-6-4-5-7-14(13)21-18(20)27/h4-9H,10-12H2,1-3H3,(H,21,27). The molecule has 7 nitrogen and oxygen atoms in total. The molecule has 7 heteroatoms. The summed E-state index contributed by atoms with van der Waals surface area (Å²) in [6.07, 6.45) is 0.782. The van der Waals surface area contributed by atoms with E-state index in [0.29, 0.717) is 6.54 Å². The van der Waals surface area contributed by atoms with Crippen LogP contribution in [0.5, 0.6) is 0 Å². The molecule has 0 radical (unpaired) electrons. The topological polar surface area (TPSA) is 75.4 Å². The van der Waals surface area contributed by atoms with Gasteiger partial charge in [-0.15, -0.1) is 15.3 Å². The number of fused-ring (bicyclic) bond motifs is 3. The van der Waals surface area contributed by atoms with Crippen LogP contribution in [0.4, 0.5) is 11.5 Å². The monoisotopic (exact) mass is 362 g/mol. The normalized spacial score (nSPS) is 21.9. The molecule has 1 spiro atoms.